The molecule has 2 aromatic rings. The number of nitrogens with one attached hydrogen (secondary N) is 2. The predicted octanol–water partition coefficient (Wildman–Crippen LogP) is 2.84. The van der Waals surface area contributed by atoms with Crippen molar-refractivity contribution in [3.05, 3.63) is 36.0 Å². The van der Waals surface area contributed by atoms with Crippen LogP contribution in [0.1, 0.15) is 31.7 Å². The molecule has 2 amide bonds. The minimum absolute atomic E-state index is 0.0233. The van der Waals surface area contributed by atoms with E-state index in [1.54, 1.807) is 6.92 Å². The fraction of sp³-hybridized carbons (Fsp3) is 0.474. The van der Waals surface area contributed by atoms with Crippen molar-refractivity contribution in [3.63, 3.8) is 0 Å². The summed E-state index contributed by atoms with van der Waals surface area (Å²) in [7, 11) is 0. The van der Waals surface area contributed by atoms with Gasteiger partial charge in [0.1, 0.15) is 0 Å². The average Bonchev–Trinajstić information content (AvgIpc) is 3.03. The van der Waals surface area contributed by atoms with E-state index in [4.69, 9.17) is 4.74 Å². The molecule has 1 fully saturated rings. The summed E-state index contributed by atoms with van der Waals surface area (Å²) < 4.78 is 4.92. The van der Waals surface area contributed by atoms with Crippen LogP contribution in [0, 0.1) is 0 Å². The summed E-state index contributed by atoms with van der Waals surface area (Å²) >= 11 is 0. The van der Waals surface area contributed by atoms with Gasteiger partial charge in [0.2, 0.25) is 5.91 Å². The van der Waals surface area contributed by atoms with Crippen molar-refractivity contribution >= 4 is 22.9 Å². The van der Waals surface area contributed by atoms with Gasteiger partial charge < -0.3 is 19.9 Å². The van der Waals surface area contributed by atoms with Crippen molar-refractivity contribution in [2.24, 2.45) is 0 Å². The van der Waals surface area contributed by atoms with Crippen molar-refractivity contribution < 1.29 is 14.3 Å². The third-order valence-corrected chi connectivity index (χ3v) is 4.65. The molecule has 1 aromatic carbocycles. The minimum atomic E-state index is -0.402. The van der Waals surface area contributed by atoms with Crippen LogP contribution in [0.4, 0.5) is 4.79 Å². The molecule has 1 aliphatic heterocycles. The summed E-state index contributed by atoms with van der Waals surface area (Å²) in [5.74, 6) is 0.139. The number of para-hydroxylation sites is 1. The van der Waals surface area contributed by atoms with E-state index in [1.807, 2.05) is 29.3 Å². The Morgan fingerprint density at radius 3 is 3.04 bits per heavy atom. The minimum Gasteiger partial charge on any atom is -0.450 e. The summed E-state index contributed by atoms with van der Waals surface area (Å²) in [5.41, 5.74) is 2.27. The van der Waals surface area contributed by atoms with E-state index >= 15 is 0 Å². The number of benzene rings is 1. The summed E-state index contributed by atoms with van der Waals surface area (Å²) in [6.07, 6.45) is 4.56. The van der Waals surface area contributed by atoms with E-state index in [0.717, 1.165) is 31.3 Å². The van der Waals surface area contributed by atoms with Gasteiger partial charge in [-0.15, -0.1) is 0 Å². The highest BCUT2D eigenvalue weighted by Crippen LogP contribution is 2.20. The molecule has 3 rings (SSSR count). The van der Waals surface area contributed by atoms with Crippen LogP contribution in [-0.4, -0.2) is 47.6 Å². The number of amides is 2. The standard InChI is InChI=1S/C19H25N3O3/c1-2-25-19(24)21-15-6-5-11-22(13-15)18(23)10-9-14-12-20-17-8-4-3-7-16(14)17/h3-4,7-8,12,15,20H,2,5-6,9-11,13H2,1H3,(H,21,24)/t15-/m1/s1. The molecule has 0 saturated carbocycles. The highest BCUT2D eigenvalue weighted by Gasteiger charge is 2.25. The number of fused-ring (bicyclic) bond motifs is 1. The van der Waals surface area contributed by atoms with Gasteiger partial charge in [-0.05, 0) is 37.8 Å². The molecular weight excluding hydrogens is 318 g/mol. The lowest BCUT2D eigenvalue weighted by Crippen LogP contribution is -2.49. The van der Waals surface area contributed by atoms with Crippen LogP contribution >= 0.6 is 0 Å². The number of ether oxygens (including phenoxy) is 1. The Labute approximate surface area is 147 Å². The van der Waals surface area contributed by atoms with E-state index in [9.17, 15) is 9.59 Å². The van der Waals surface area contributed by atoms with Crippen molar-refractivity contribution in [2.75, 3.05) is 19.7 Å². The molecule has 6 heteroatoms. The number of hydrogen-bond acceptors (Lipinski definition) is 3. The van der Waals surface area contributed by atoms with Crippen molar-refractivity contribution in [3.8, 4) is 0 Å². The van der Waals surface area contributed by atoms with Crippen molar-refractivity contribution in [1.29, 1.82) is 0 Å². The third-order valence-electron chi connectivity index (χ3n) is 4.65. The lowest BCUT2D eigenvalue weighted by Gasteiger charge is -2.33. The molecule has 2 N–H and O–H groups in total. The van der Waals surface area contributed by atoms with E-state index in [1.165, 1.54) is 10.9 Å². The van der Waals surface area contributed by atoms with Gasteiger partial charge in [0.25, 0.3) is 0 Å². The molecule has 0 radical (unpaired) electrons. The number of hydrogen-bond donors (Lipinski definition) is 2. The molecule has 25 heavy (non-hydrogen) atoms. The van der Waals surface area contributed by atoms with Gasteiger partial charge in [0, 0.05) is 42.7 Å². The number of rotatable bonds is 5. The Hall–Kier alpha value is -2.50. The Bertz CT molecular complexity index is 740. The van der Waals surface area contributed by atoms with Crippen molar-refractivity contribution in [1.82, 2.24) is 15.2 Å². The predicted molar refractivity (Wildman–Crippen MR) is 96.4 cm³/mol. The topological polar surface area (TPSA) is 74.4 Å². The van der Waals surface area contributed by atoms with Crippen LogP contribution < -0.4 is 5.32 Å². The zero-order valence-electron chi connectivity index (χ0n) is 14.6. The SMILES string of the molecule is CCOC(=O)N[C@@H]1CCCN(C(=O)CCc2c[nH]c3ccccc23)C1. The van der Waals surface area contributed by atoms with Crippen LogP contribution in [0.3, 0.4) is 0 Å². The van der Waals surface area contributed by atoms with Gasteiger partial charge in [-0.3, -0.25) is 4.79 Å². The molecule has 0 aliphatic carbocycles. The maximum absolute atomic E-state index is 12.6. The summed E-state index contributed by atoms with van der Waals surface area (Å²) in [4.78, 5) is 29.2. The monoisotopic (exact) mass is 343 g/mol. The molecule has 134 valence electrons. The molecule has 0 bridgehead atoms. The lowest BCUT2D eigenvalue weighted by molar-refractivity contribution is -0.132. The molecule has 6 nitrogen and oxygen atoms in total. The second kappa shape index (κ2) is 8.05. The molecule has 1 atom stereocenters. The van der Waals surface area contributed by atoms with Gasteiger partial charge >= 0.3 is 6.09 Å². The van der Waals surface area contributed by atoms with E-state index in [2.05, 4.69) is 16.4 Å². The maximum atomic E-state index is 12.6. The van der Waals surface area contributed by atoms with E-state index in [-0.39, 0.29) is 11.9 Å². The van der Waals surface area contributed by atoms with E-state index in [0.29, 0.717) is 19.6 Å². The first-order chi connectivity index (χ1) is 12.2. The van der Waals surface area contributed by atoms with Crippen LogP contribution in [0.15, 0.2) is 30.5 Å². The Morgan fingerprint density at radius 1 is 1.36 bits per heavy atom. The number of nitrogens with zero attached hydrogens (tertiary/aromatic N) is 1. The average molecular weight is 343 g/mol. The second-order valence-corrected chi connectivity index (χ2v) is 6.40. The molecular formula is C19H25N3O3. The van der Waals surface area contributed by atoms with E-state index < -0.39 is 6.09 Å². The number of aromatic amines is 1. The summed E-state index contributed by atoms with van der Waals surface area (Å²) in [5, 5.41) is 4.02. The number of likely N-dealkylation sites (tertiary alicyclic amines) is 1. The molecule has 0 spiro atoms. The van der Waals surface area contributed by atoms with Crippen LogP contribution in [0.25, 0.3) is 10.9 Å². The Kier molecular flexibility index (Phi) is 5.58. The number of H-pyrrole nitrogens is 1. The molecule has 0 unspecified atom stereocenters. The smallest absolute Gasteiger partial charge is 0.407 e. The first kappa shape index (κ1) is 17.3. The molecule has 2 heterocycles. The number of carbonyl (C=O) groups is 2. The lowest BCUT2D eigenvalue weighted by atomic mass is 10.0. The van der Waals surface area contributed by atoms with Gasteiger partial charge in [-0.25, -0.2) is 4.79 Å². The first-order valence-electron chi connectivity index (χ1n) is 8.93. The summed E-state index contributed by atoms with van der Waals surface area (Å²) in [6, 6.07) is 8.10. The largest absolute Gasteiger partial charge is 0.450 e. The van der Waals surface area contributed by atoms with Gasteiger partial charge in [-0.2, -0.15) is 0 Å². The normalized spacial score (nSPS) is 17.5. The van der Waals surface area contributed by atoms with Crippen LogP contribution in [0.5, 0.6) is 0 Å². The Morgan fingerprint density at radius 2 is 2.20 bits per heavy atom. The van der Waals surface area contributed by atoms with Gasteiger partial charge in [-0.1, -0.05) is 18.2 Å². The van der Waals surface area contributed by atoms with Crippen molar-refractivity contribution in [2.45, 2.75) is 38.6 Å². The number of piperidine rings is 1. The zero-order valence-corrected chi connectivity index (χ0v) is 14.6. The number of alkyl carbamates (subject to hydrolysis) is 1. The fourth-order valence-corrected chi connectivity index (χ4v) is 3.40. The number of aryl methyl sites for hydroxylation is 1. The molecule has 1 aliphatic rings. The molecule has 1 saturated heterocycles. The van der Waals surface area contributed by atoms with Crippen LogP contribution in [0.2, 0.25) is 0 Å². The number of aromatic nitrogens is 1. The maximum Gasteiger partial charge on any atom is 0.407 e. The number of carbonyl (C=O) groups excluding carboxylic acids is 2. The first-order valence-corrected chi connectivity index (χ1v) is 8.93. The van der Waals surface area contributed by atoms with Gasteiger partial charge in [0.05, 0.1) is 6.61 Å². The highest BCUT2D eigenvalue weighted by atomic mass is 16.5. The fourth-order valence-electron chi connectivity index (χ4n) is 3.40. The third kappa shape index (κ3) is 4.32. The summed E-state index contributed by atoms with van der Waals surface area (Å²) in [6.45, 7) is 3.45. The highest BCUT2D eigenvalue weighted by molar-refractivity contribution is 5.84. The zero-order chi connectivity index (χ0) is 17.6. The van der Waals surface area contributed by atoms with Gasteiger partial charge in [0.15, 0.2) is 0 Å². The second-order valence-electron chi connectivity index (χ2n) is 6.40. The molecule has 1 aromatic heterocycles. The quantitative estimate of drug-likeness (QED) is 0.877. The van der Waals surface area contributed by atoms with Crippen LogP contribution in [-0.2, 0) is 16.0 Å². The Balaban J connectivity index is 1.53.